The molecule has 4 rings (SSSR count). The standard InChI is InChI=1S/C45H58N2O8S2/c1-7-18-36(49)44(2,3)38-23-12-10-8-9-11-21-33(53-6)28-41-47-35(30-57-41)43(52)55-39(45(4,5)37(50)22-15-16-26-48)24-17-20-32-27-31(32)19-13-14-25-40-46-34(29-56-40)42(51)54-38/h7-15,17-22,25,29-33,36-39,48-50H,16,23-24,26-28H2,1-6H3/b9-8-,12-10-,18-7+,19-13+,20-17-,21-11+,22-15+,25-14-/t31-,32+,33+,36+,37+,38+,39+/m1/s1. The van der Waals surface area contributed by atoms with E-state index < -0.39 is 47.2 Å². The number of carbonyl (C=O) groups is 2. The fraction of sp³-hybridized carbons (Fsp3) is 0.467. The van der Waals surface area contributed by atoms with Gasteiger partial charge in [0, 0.05) is 54.6 Å². The molecule has 3 heterocycles. The fourth-order valence-corrected chi connectivity index (χ4v) is 7.60. The minimum Gasteiger partial charge on any atom is -0.457 e. The number of esters is 2. The second-order valence-corrected chi connectivity index (χ2v) is 17.2. The van der Waals surface area contributed by atoms with Crippen LogP contribution in [0.1, 0.15) is 91.3 Å². The summed E-state index contributed by atoms with van der Waals surface area (Å²) < 4.78 is 17.8. The minimum absolute atomic E-state index is 0.0241. The molecule has 1 saturated carbocycles. The van der Waals surface area contributed by atoms with Crippen LogP contribution in [-0.2, 0) is 20.6 Å². The van der Waals surface area contributed by atoms with Crippen LogP contribution in [0, 0.1) is 22.7 Å². The molecule has 1 aliphatic heterocycles. The Morgan fingerprint density at radius 1 is 0.825 bits per heavy atom. The molecule has 3 N–H and O–H groups in total. The first kappa shape index (κ1) is 45.7. The number of hydrogen-bond acceptors (Lipinski definition) is 12. The molecule has 2 aromatic rings. The third-order valence-electron chi connectivity index (χ3n) is 10.3. The van der Waals surface area contributed by atoms with E-state index in [9.17, 15) is 24.9 Å². The van der Waals surface area contributed by atoms with Crippen LogP contribution in [0.15, 0.2) is 102 Å². The van der Waals surface area contributed by atoms with Gasteiger partial charge in [-0.25, -0.2) is 19.6 Å². The van der Waals surface area contributed by atoms with E-state index in [1.807, 2.05) is 95.4 Å². The molecule has 2 aromatic heterocycles. The Bertz CT molecular complexity index is 1850. The molecule has 2 aliphatic rings. The zero-order chi connectivity index (χ0) is 41.4. The van der Waals surface area contributed by atoms with Gasteiger partial charge in [0.2, 0.25) is 0 Å². The number of fused-ring (bicyclic) bond motifs is 5. The summed E-state index contributed by atoms with van der Waals surface area (Å²) in [7, 11) is 1.61. The summed E-state index contributed by atoms with van der Waals surface area (Å²) in [5.41, 5.74) is -1.21. The molecular formula is C45H58N2O8S2. The van der Waals surface area contributed by atoms with Crippen molar-refractivity contribution in [3.05, 3.63) is 123 Å². The van der Waals surface area contributed by atoms with Crippen molar-refractivity contribution in [3.63, 3.8) is 0 Å². The van der Waals surface area contributed by atoms with Gasteiger partial charge in [-0.3, -0.25) is 0 Å². The van der Waals surface area contributed by atoms with Gasteiger partial charge in [-0.2, -0.15) is 0 Å². The Morgan fingerprint density at radius 3 is 2.12 bits per heavy atom. The average molecular weight is 819 g/mol. The van der Waals surface area contributed by atoms with Crippen molar-refractivity contribution in [3.8, 4) is 0 Å². The Labute approximate surface area is 345 Å². The van der Waals surface area contributed by atoms with Gasteiger partial charge in [-0.15, -0.1) is 22.7 Å². The molecule has 1 fully saturated rings. The number of cyclic esters (lactones) is 2. The Kier molecular flexibility index (Phi) is 17.8. The molecule has 308 valence electrons. The van der Waals surface area contributed by atoms with Crippen molar-refractivity contribution in [2.24, 2.45) is 22.7 Å². The number of ether oxygens (including phenoxy) is 3. The quantitative estimate of drug-likeness (QED) is 0.166. The van der Waals surface area contributed by atoms with Gasteiger partial charge in [0.15, 0.2) is 11.4 Å². The number of thiazole rings is 2. The van der Waals surface area contributed by atoms with Crippen molar-refractivity contribution in [2.45, 2.75) is 97.2 Å². The van der Waals surface area contributed by atoms with Crippen molar-refractivity contribution >= 4 is 40.7 Å². The van der Waals surface area contributed by atoms with E-state index in [2.05, 4.69) is 22.1 Å². The summed E-state index contributed by atoms with van der Waals surface area (Å²) in [6, 6.07) is 0. The summed E-state index contributed by atoms with van der Waals surface area (Å²) in [4.78, 5) is 35.9. The molecule has 4 bridgehead atoms. The molecule has 7 atom stereocenters. The number of methoxy groups -OCH3 is 1. The highest BCUT2D eigenvalue weighted by molar-refractivity contribution is 7.10. The van der Waals surface area contributed by atoms with Crippen LogP contribution in [0.3, 0.4) is 0 Å². The maximum Gasteiger partial charge on any atom is 0.358 e. The Balaban J connectivity index is 1.58. The smallest absolute Gasteiger partial charge is 0.358 e. The van der Waals surface area contributed by atoms with E-state index in [1.54, 1.807) is 42.2 Å². The Morgan fingerprint density at radius 2 is 1.44 bits per heavy atom. The molecular weight excluding hydrogens is 761 g/mol. The normalized spacial score (nSPS) is 27.7. The highest BCUT2D eigenvalue weighted by Crippen LogP contribution is 2.41. The van der Waals surface area contributed by atoms with E-state index in [-0.39, 0.29) is 24.1 Å². The summed E-state index contributed by atoms with van der Waals surface area (Å²) in [6.45, 7) is 9.29. The molecule has 0 amide bonds. The molecule has 0 unspecified atom stereocenters. The number of rotatable bonds is 9. The number of aliphatic hydroxyl groups is 3. The molecule has 1 aliphatic carbocycles. The molecule has 0 aromatic carbocycles. The lowest BCUT2D eigenvalue weighted by molar-refractivity contribution is -0.0461. The zero-order valence-electron chi connectivity index (χ0n) is 33.8. The van der Waals surface area contributed by atoms with Gasteiger partial charge >= 0.3 is 11.9 Å². The topological polar surface area (TPSA) is 148 Å². The number of aliphatic hydroxyl groups excluding tert-OH is 3. The number of nitrogens with zero attached hydrogens (tertiary/aromatic N) is 2. The van der Waals surface area contributed by atoms with E-state index in [0.29, 0.717) is 47.5 Å². The van der Waals surface area contributed by atoms with Crippen molar-refractivity contribution in [1.82, 2.24) is 9.97 Å². The highest BCUT2D eigenvalue weighted by atomic mass is 32.1. The first-order valence-electron chi connectivity index (χ1n) is 19.4. The summed E-state index contributed by atoms with van der Waals surface area (Å²) in [6.07, 6.45) is 29.4. The van der Waals surface area contributed by atoms with Gasteiger partial charge in [0.25, 0.3) is 0 Å². The highest BCUT2D eigenvalue weighted by Gasteiger charge is 2.39. The minimum atomic E-state index is -0.919. The predicted molar refractivity (Wildman–Crippen MR) is 228 cm³/mol. The summed E-state index contributed by atoms with van der Waals surface area (Å²) in [5.74, 6) is -0.409. The fourth-order valence-electron chi connectivity index (χ4n) is 6.10. The van der Waals surface area contributed by atoms with Crippen LogP contribution in [0.2, 0.25) is 0 Å². The molecule has 10 nitrogen and oxygen atoms in total. The predicted octanol–water partition coefficient (Wildman–Crippen LogP) is 8.42. The van der Waals surface area contributed by atoms with Gasteiger partial charge in [-0.1, -0.05) is 119 Å². The van der Waals surface area contributed by atoms with E-state index in [1.165, 1.54) is 22.7 Å². The number of aromatic nitrogens is 2. The SMILES string of the molecule is C/C=C/[C@H](O)C(C)(C)[C@@H]1C\C=C/C=C\C=C\[C@H](OC)Cc2nc(cs2)C(=O)O[C@H](C(C)(C)[C@@H](O)/C=C/CCO)C/C=C\[C@H]2C[C@H]2/C=C/C=C\c2nc(cs2)C(=O)O1. The van der Waals surface area contributed by atoms with E-state index in [0.717, 1.165) is 6.42 Å². The van der Waals surface area contributed by atoms with Crippen LogP contribution in [-0.4, -0.2) is 81.5 Å². The monoisotopic (exact) mass is 818 g/mol. The van der Waals surface area contributed by atoms with E-state index in [4.69, 9.17) is 14.2 Å². The number of hydrogen-bond donors (Lipinski definition) is 3. The van der Waals surface area contributed by atoms with Crippen molar-refractivity contribution < 1.29 is 39.1 Å². The molecule has 0 saturated heterocycles. The van der Waals surface area contributed by atoms with Gasteiger partial charge in [0.1, 0.15) is 17.2 Å². The maximum atomic E-state index is 13.5. The van der Waals surface area contributed by atoms with Crippen LogP contribution in [0.4, 0.5) is 0 Å². The van der Waals surface area contributed by atoms with Crippen LogP contribution < -0.4 is 0 Å². The van der Waals surface area contributed by atoms with Gasteiger partial charge in [-0.05, 0) is 37.7 Å². The first-order valence-corrected chi connectivity index (χ1v) is 21.2. The van der Waals surface area contributed by atoms with Crippen molar-refractivity contribution in [1.29, 1.82) is 0 Å². The molecule has 12 heteroatoms. The third kappa shape index (κ3) is 13.8. The largest absolute Gasteiger partial charge is 0.457 e. The lowest BCUT2D eigenvalue weighted by Gasteiger charge is -2.36. The average Bonchev–Trinajstić information content (AvgIpc) is 3.50. The number of carbonyl (C=O) groups excluding carboxylic acids is 2. The second-order valence-electron chi connectivity index (χ2n) is 15.4. The summed E-state index contributed by atoms with van der Waals surface area (Å²) in [5, 5.41) is 36.0. The second kappa shape index (κ2) is 22.2. The summed E-state index contributed by atoms with van der Waals surface area (Å²) >= 11 is 2.70. The molecule has 0 radical (unpaired) electrons. The van der Waals surface area contributed by atoms with Crippen LogP contribution in [0.25, 0.3) is 6.08 Å². The number of allylic oxidation sites excluding steroid dienone is 9. The van der Waals surface area contributed by atoms with Crippen LogP contribution >= 0.6 is 22.7 Å². The van der Waals surface area contributed by atoms with Crippen molar-refractivity contribution in [2.75, 3.05) is 13.7 Å². The van der Waals surface area contributed by atoms with Gasteiger partial charge in [0.05, 0.1) is 23.3 Å². The maximum absolute atomic E-state index is 13.5. The first-order chi connectivity index (χ1) is 27.3. The van der Waals surface area contributed by atoms with Gasteiger partial charge < -0.3 is 29.5 Å². The molecule has 0 spiro atoms. The Hall–Kier alpha value is -4.04. The van der Waals surface area contributed by atoms with Crippen LogP contribution in [0.5, 0.6) is 0 Å². The lowest BCUT2D eigenvalue weighted by Crippen LogP contribution is -2.42. The van der Waals surface area contributed by atoms with E-state index >= 15 is 0 Å². The zero-order valence-corrected chi connectivity index (χ0v) is 35.4. The lowest BCUT2D eigenvalue weighted by atomic mass is 9.78. The molecule has 57 heavy (non-hydrogen) atoms. The third-order valence-corrected chi connectivity index (χ3v) is 12.0.